The molecule has 12 heteroatoms. The highest BCUT2D eigenvalue weighted by Crippen LogP contribution is 2.41. The van der Waals surface area contributed by atoms with Gasteiger partial charge in [-0.1, -0.05) is 6.07 Å². The van der Waals surface area contributed by atoms with Gasteiger partial charge in [0, 0.05) is 20.0 Å². The molecule has 1 saturated carbocycles. The van der Waals surface area contributed by atoms with Crippen LogP contribution in [-0.2, 0) is 4.74 Å². The lowest BCUT2D eigenvalue weighted by molar-refractivity contribution is -0.150. The molecule has 2 fully saturated rings. The Balaban J connectivity index is 1.56. The van der Waals surface area contributed by atoms with Crippen molar-refractivity contribution in [2.24, 2.45) is 11.7 Å². The number of nitrogens with one attached hydrogen (secondary N) is 1. The van der Waals surface area contributed by atoms with Crippen molar-refractivity contribution in [1.29, 1.82) is 0 Å². The van der Waals surface area contributed by atoms with Crippen LogP contribution in [0, 0.1) is 5.92 Å². The predicted molar refractivity (Wildman–Crippen MR) is 108 cm³/mol. The van der Waals surface area contributed by atoms with Crippen molar-refractivity contribution < 1.29 is 35.9 Å². The predicted octanol–water partition coefficient (Wildman–Crippen LogP) is 4.30. The maximum Gasteiger partial charge on any atom is 0.410 e. The first-order chi connectivity index (χ1) is 15.5. The van der Waals surface area contributed by atoms with Crippen molar-refractivity contribution in [2.75, 3.05) is 20.3 Å². The summed E-state index contributed by atoms with van der Waals surface area (Å²) in [5.41, 5.74) is 7.59. The molecule has 4 rings (SSSR count). The zero-order chi connectivity index (χ0) is 24.0. The van der Waals surface area contributed by atoms with E-state index in [1.54, 1.807) is 18.2 Å². The van der Waals surface area contributed by atoms with Crippen LogP contribution in [0.25, 0.3) is 11.1 Å². The molecule has 0 radical (unpaired) electrons. The van der Waals surface area contributed by atoms with Gasteiger partial charge in [-0.15, -0.1) is 0 Å². The molecule has 0 spiro atoms. The fourth-order valence-corrected chi connectivity index (χ4v) is 4.47. The van der Waals surface area contributed by atoms with Crippen molar-refractivity contribution in [3.8, 4) is 0 Å². The van der Waals surface area contributed by atoms with E-state index in [0.717, 1.165) is 4.90 Å². The molecule has 3 atom stereocenters. The van der Waals surface area contributed by atoms with Crippen molar-refractivity contribution in [2.45, 2.75) is 55.9 Å². The smallest absolute Gasteiger partial charge is 0.410 e. The van der Waals surface area contributed by atoms with E-state index < -0.39 is 42.8 Å². The molecule has 0 bridgehead atoms. The van der Waals surface area contributed by atoms with Crippen molar-refractivity contribution in [3.63, 3.8) is 0 Å². The van der Waals surface area contributed by atoms with E-state index in [9.17, 15) is 26.7 Å². The van der Waals surface area contributed by atoms with Crippen LogP contribution < -0.4 is 11.1 Å². The molecule has 2 heterocycles. The Morgan fingerprint density at radius 2 is 2.03 bits per heavy atom. The number of fused-ring (bicyclic) bond motifs is 1. The normalized spacial score (nSPS) is 23.7. The summed E-state index contributed by atoms with van der Waals surface area (Å²) in [6.07, 6.45) is -4.50. The average molecular weight is 476 g/mol. The molecule has 3 N–H and O–H groups in total. The Labute approximate surface area is 186 Å². The van der Waals surface area contributed by atoms with Crippen LogP contribution in [0.4, 0.5) is 26.7 Å². The summed E-state index contributed by atoms with van der Waals surface area (Å²) in [6.45, 7) is -0.570. The molecular formula is C21H25F5N4O3. The van der Waals surface area contributed by atoms with Gasteiger partial charge >= 0.3 is 12.2 Å². The first-order valence-electron chi connectivity index (χ1n) is 10.6. The van der Waals surface area contributed by atoms with Crippen LogP contribution in [0.15, 0.2) is 22.6 Å². The number of ether oxygens (including phenoxy) is 1. The van der Waals surface area contributed by atoms with Gasteiger partial charge < -0.3 is 25.1 Å². The third-order valence-electron chi connectivity index (χ3n) is 6.40. The summed E-state index contributed by atoms with van der Waals surface area (Å²) < 4.78 is 77.1. The fraction of sp³-hybridized carbons (Fsp3) is 0.619. The average Bonchev–Trinajstić information content (AvgIpc) is 3.34. The topological polar surface area (TPSA) is 93.6 Å². The Morgan fingerprint density at radius 1 is 1.33 bits per heavy atom. The highest BCUT2D eigenvalue weighted by atomic mass is 19.4. The highest BCUT2D eigenvalue weighted by molar-refractivity contribution is 5.78. The monoisotopic (exact) mass is 476 g/mol. The molecule has 1 aliphatic carbocycles. The van der Waals surface area contributed by atoms with Gasteiger partial charge in [-0.25, -0.2) is 18.6 Å². The van der Waals surface area contributed by atoms with Gasteiger partial charge in [-0.05, 0) is 36.5 Å². The van der Waals surface area contributed by atoms with Gasteiger partial charge in [0.1, 0.15) is 11.6 Å². The highest BCUT2D eigenvalue weighted by Gasteiger charge is 2.48. The number of urea groups is 1. The Morgan fingerprint density at radius 3 is 2.64 bits per heavy atom. The van der Waals surface area contributed by atoms with Gasteiger partial charge in [-0.2, -0.15) is 13.2 Å². The second-order valence-electron chi connectivity index (χ2n) is 8.67. The Kier molecular flexibility index (Phi) is 6.25. The molecule has 2 aliphatic rings. The molecule has 2 aromatic rings. The van der Waals surface area contributed by atoms with E-state index in [2.05, 4.69) is 4.98 Å². The number of hydrogen-bond acceptors (Lipinski definition) is 5. The lowest BCUT2D eigenvalue weighted by Gasteiger charge is -2.30. The lowest BCUT2D eigenvalue weighted by Crippen LogP contribution is -2.40. The molecule has 182 valence electrons. The van der Waals surface area contributed by atoms with E-state index in [1.165, 1.54) is 7.11 Å². The van der Waals surface area contributed by atoms with Crippen LogP contribution in [-0.4, -0.2) is 54.3 Å². The zero-order valence-electron chi connectivity index (χ0n) is 17.9. The molecule has 1 aromatic heterocycles. The number of hydrogen-bond donors (Lipinski definition) is 2. The SMILES string of the molecule is COC[C@H](c1ccc2oc([C@@H](N)C3CCC(F)(F)CC3)nc2c1)N1C[C@@H](C(F)(F)F)NC1=O. The van der Waals surface area contributed by atoms with E-state index in [0.29, 0.717) is 16.7 Å². The molecular weight excluding hydrogens is 451 g/mol. The number of carbonyl (C=O) groups excluding carboxylic acids is 1. The summed E-state index contributed by atoms with van der Waals surface area (Å²) in [6, 6.07) is 0.610. The first-order valence-corrected chi connectivity index (χ1v) is 10.6. The van der Waals surface area contributed by atoms with Crippen molar-refractivity contribution in [1.82, 2.24) is 15.2 Å². The van der Waals surface area contributed by atoms with E-state index in [4.69, 9.17) is 14.9 Å². The molecule has 7 nitrogen and oxygen atoms in total. The van der Waals surface area contributed by atoms with E-state index in [1.807, 2.05) is 5.32 Å². The molecule has 1 aliphatic heterocycles. The minimum atomic E-state index is -4.56. The minimum absolute atomic E-state index is 0.0238. The van der Waals surface area contributed by atoms with Crippen molar-refractivity contribution >= 4 is 17.1 Å². The quantitative estimate of drug-likeness (QED) is 0.607. The van der Waals surface area contributed by atoms with Gasteiger partial charge in [0.15, 0.2) is 5.58 Å². The number of nitrogens with two attached hydrogens (primary N) is 1. The summed E-state index contributed by atoms with van der Waals surface area (Å²) in [5.74, 6) is -2.64. The summed E-state index contributed by atoms with van der Waals surface area (Å²) in [4.78, 5) is 17.7. The Bertz CT molecular complexity index is 1000. The number of rotatable bonds is 6. The lowest BCUT2D eigenvalue weighted by atomic mass is 9.82. The number of oxazole rings is 1. The number of benzene rings is 1. The number of aromatic nitrogens is 1. The standard InChI is InChI=1S/C21H25F5N4O3/c1-32-10-14(30-9-16(21(24,25)26)29-19(30)31)12-2-3-15-13(8-12)28-18(33-15)17(27)11-4-6-20(22,23)7-5-11/h2-3,8,11,14,16-17H,4-7,9-10,27H2,1H3,(H,29,31)/t14-,16+,17+/m1/s1. The summed E-state index contributed by atoms with van der Waals surface area (Å²) in [5, 5.41) is 1.95. The molecule has 0 unspecified atom stereocenters. The first kappa shape index (κ1) is 23.7. The second kappa shape index (κ2) is 8.71. The third kappa shape index (κ3) is 4.91. The number of methoxy groups -OCH3 is 1. The zero-order valence-corrected chi connectivity index (χ0v) is 17.9. The molecule has 2 amide bonds. The number of carbonyl (C=O) groups is 1. The molecule has 1 saturated heterocycles. The van der Waals surface area contributed by atoms with Gasteiger partial charge in [-0.3, -0.25) is 0 Å². The van der Waals surface area contributed by atoms with Gasteiger partial charge in [0.25, 0.3) is 0 Å². The third-order valence-corrected chi connectivity index (χ3v) is 6.40. The van der Waals surface area contributed by atoms with Crippen LogP contribution in [0.1, 0.15) is 49.2 Å². The summed E-state index contributed by atoms with van der Waals surface area (Å²) >= 11 is 0. The Hall–Kier alpha value is -2.47. The number of halogens is 5. The molecule has 33 heavy (non-hydrogen) atoms. The largest absolute Gasteiger partial charge is 0.439 e. The maximum atomic E-state index is 13.5. The van der Waals surface area contributed by atoms with Crippen LogP contribution in [0.5, 0.6) is 0 Å². The minimum Gasteiger partial charge on any atom is -0.439 e. The van der Waals surface area contributed by atoms with Crippen LogP contribution in [0.3, 0.4) is 0 Å². The van der Waals surface area contributed by atoms with E-state index >= 15 is 0 Å². The number of amides is 2. The van der Waals surface area contributed by atoms with E-state index in [-0.39, 0.29) is 44.1 Å². The van der Waals surface area contributed by atoms with Gasteiger partial charge in [0.05, 0.1) is 25.2 Å². The number of nitrogens with zero attached hydrogens (tertiary/aromatic N) is 2. The van der Waals surface area contributed by atoms with Gasteiger partial charge in [0.2, 0.25) is 11.8 Å². The van der Waals surface area contributed by atoms with Crippen LogP contribution in [0.2, 0.25) is 0 Å². The maximum absolute atomic E-state index is 13.5. The second-order valence-corrected chi connectivity index (χ2v) is 8.67. The number of alkyl halides is 5. The summed E-state index contributed by atoms with van der Waals surface area (Å²) in [7, 11) is 1.39. The van der Waals surface area contributed by atoms with Crippen molar-refractivity contribution in [3.05, 3.63) is 29.7 Å². The molecule has 1 aromatic carbocycles. The fourth-order valence-electron chi connectivity index (χ4n) is 4.47. The van der Waals surface area contributed by atoms with Crippen LogP contribution >= 0.6 is 0 Å².